The average molecular weight is 450 g/mol. The van der Waals surface area contributed by atoms with E-state index in [-0.39, 0.29) is 46.1 Å². The van der Waals surface area contributed by atoms with Crippen LogP contribution in [0.2, 0.25) is 0 Å². The van der Waals surface area contributed by atoms with Gasteiger partial charge in [0.2, 0.25) is 11.2 Å². The second-order valence-corrected chi connectivity index (χ2v) is 7.11. The van der Waals surface area contributed by atoms with Crippen LogP contribution in [0.15, 0.2) is 63.8 Å². The summed E-state index contributed by atoms with van der Waals surface area (Å²) in [6, 6.07) is 12.3. The summed E-state index contributed by atoms with van der Waals surface area (Å²) in [4.78, 5) is 24.8. The van der Waals surface area contributed by atoms with Gasteiger partial charge in [0.05, 0.1) is 12.7 Å². The van der Waals surface area contributed by atoms with Crippen molar-refractivity contribution in [2.24, 2.45) is 0 Å². The van der Waals surface area contributed by atoms with Crippen molar-refractivity contribution in [3.8, 4) is 40.1 Å². The fourth-order valence-electron chi connectivity index (χ4n) is 3.26. The number of fused-ring (bicyclic) bond motifs is 1. The molecule has 0 fully saturated rings. The van der Waals surface area contributed by atoms with Crippen molar-refractivity contribution in [1.29, 1.82) is 0 Å². The highest BCUT2D eigenvalue weighted by Gasteiger charge is 2.21. The number of hydrogen-bond donors (Lipinski definition) is 4. The van der Waals surface area contributed by atoms with Crippen LogP contribution in [0.3, 0.4) is 0 Å². The Labute approximate surface area is 186 Å². The third-order valence-corrected chi connectivity index (χ3v) is 4.91. The van der Waals surface area contributed by atoms with Gasteiger partial charge in [0.25, 0.3) is 0 Å². The van der Waals surface area contributed by atoms with Gasteiger partial charge in [-0.05, 0) is 35.9 Å². The molecule has 0 aliphatic heterocycles. The topological polar surface area (TPSA) is 147 Å². The van der Waals surface area contributed by atoms with Crippen molar-refractivity contribution in [3.63, 3.8) is 0 Å². The first-order valence-corrected chi connectivity index (χ1v) is 9.63. The molecule has 9 nitrogen and oxygen atoms in total. The van der Waals surface area contributed by atoms with Gasteiger partial charge < -0.3 is 34.3 Å². The lowest BCUT2D eigenvalue weighted by molar-refractivity contribution is 0.0600. The predicted molar refractivity (Wildman–Crippen MR) is 117 cm³/mol. The van der Waals surface area contributed by atoms with E-state index in [1.54, 1.807) is 24.3 Å². The van der Waals surface area contributed by atoms with Gasteiger partial charge in [-0.15, -0.1) is 0 Å². The molecule has 0 saturated carbocycles. The number of benzene rings is 3. The van der Waals surface area contributed by atoms with Gasteiger partial charge in [0, 0.05) is 17.7 Å². The van der Waals surface area contributed by atoms with E-state index in [9.17, 15) is 30.0 Å². The summed E-state index contributed by atoms with van der Waals surface area (Å²) >= 11 is 0. The fourth-order valence-corrected chi connectivity index (χ4v) is 3.26. The Morgan fingerprint density at radius 3 is 2.30 bits per heavy atom. The maximum absolute atomic E-state index is 13.2. The van der Waals surface area contributed by atoms with E-state index in [0.29, 0.717) is 11.1 Å². The molecule has 1 heterocycles. The molecule has 0 amide bonds. The largest absolute Gasteiger partial charge is 0.508 e. The Balaban J connectivity index is 1.81. The second-order valence-electron chi connectivity index (χ2n) is 7.11. The summed E-state index contributed by atoms with van der Waals surface area (Å²) in [7, 11) is 1.27. The number of methoxy groups -OCH3 is 1. The molecule has 33 heavy (non-hydrogen) atoms. The average Bonchev–Trinajstić information content (AvgIpc) is 2.79. The van der Waals surface area contributed by atoms with Crippen LogP contribution in [0.25, 0.3) is 22.3 Å². The molecule has 0 aliphatic carbocycles. The molecular formula is C24H18O9. The van der Waals surface area contributed by atoms with E-state index in [4.69, 9.17) is 9.15 Å². The molecule has 0 saturated heterocycles. The van der Waals surface area contributed by atoms with Gasteiger partial charge in [-0.2, -0.15) is 0 Å². The number of rotatable bonds is 5. The maximum atomic E-state index is 13.2. The van der Waals surface area contributed by atoms with E-state index in [2.05, 4.69) is 4.74 Å². The third kappa shape index (κ3) is 4.11. The standard InChI is InChI=1S/C24H18O9/c1-31-24(30)13-4-2-12(3-5-13)11-32-23-21(29)20-18(28)9-15(25)10-19(20)33-22(23)14-6-7-16(26)17(27)8-14/h2-10,25-28H,11H2,1H3. The zero-order valence-corrected chi connectivity index (χ0v) is 17.2. The van der Waals surface area contributed by atoms with Crippen molar-refractivity contribution in [2.45, 2.75) is 6.61 Å². The number of phenols is 4. The van der Waals surface area contributed by atoms with Crippen LogP contribution in [-0.4, -0.2) is 33.5 Å². The number of hydrogen-bond acceptors (Lipinski definition) is 9. The van der Waals surface area contributed by atoms with Gasteiger partial charge in [0.1, 0.15) is 29.1 Å². The molecule has 0 bridgehead atoms. The Hall–Kier alpha value is -4.66. The van der Waals surface area contributed by atoms with Crippen LogP contribution >= 0.6 is 0 Å². The number of carbonyl (C=O) groups is 1. The number of phenolic OH excluding ortho intramolecular Hbond substituents is 4. The molecule has 9 heteroatoms. The van der Waals surface area contributed by atoms with Crippen LogP contribution in [0, 0.1) is 0 Å². The van der Waals surface area contributed by atoms with E-state index < -0.39 is 22.9 Å². The number of carbonyl (C=O) groups excluding carboxylic acids is 1. The summed E-state index contributed by atoms with van der Waals surface area (Å²) in [5, 5.41) is 39.3. The SMILES string of the molecule is COC(=O)c1ccc(COc2c(-c3ccc(O)c(O)c3)oc3cc(O)cc(O)c3c2=O)cc1. The van der Waals surface area contributed by atoms with Crippen molar-refractivity contribution < 1.29 is 39.1 Å². The first-order chi connectivity index (χ1) is 15.8. The highest BCUT2D eigenvalue weighted by Crippen LogP contribution is 2.38. The van der Waals surface area contributed by atoms with Gasteiger partial charge in [0.15, 0.2) is 17.3 Å². The molecule has 4 aromatic rings. The highest BCUT2D eigenvalue weighted by atomic mass is 16.5. The molecular weight excluding hydrogens is 432 g/mol. The quantitative estimate of drug-likeness (QED) is 0.264. The van der Waals surface area contributed by atoms with Gasteiger partial charge >= 0.3 is 5.97 Å². The monoisotopic (exact) mass is 450 g/mol. The Kier molecular flexibility index (Phi) is 5.53. The molecule has 0 radical (unpaired) electrons. The third-order valence-electron chi connectivity index (χ3n) is 4.91. The van der Waals surface area contributed by atoms with Crippen LogP contribution in [0.1, 0.15) is 15.9 Å². The van der Waals surface area contributed by atoms with Crippen LogP contribution in [0.5, 0.6) is 28.7 Å². The fraction of sp³-hybridized carbons (Fsp3) is 0.0833. The molecule has 0 aliphatic rings. The zero-order valence-electron chi connectivity index (χ0n) is 17.2. The lowest BCUT2D eigenvalue weighted by Gasteiger charge is -2.13. The summed E-state index contributed by atoms with van der Waals surface area (Å²) in [6.45, 7) is -0.0897. The van der Waals surface area contributed by atoms with Gasteiger partial charge in [-0.25, -0.2) is 4.79 Å². The van der Waals surface area contributed by atoms with Crippen molar-refractivity contribution in [1.82, 2.24) is 0 Å². The van der Waals surface area contributed by atoms with E-state index in [0.717, 1.165) is 12.1 Å². The molecule has 0 atom stereocenters. The normalized spacial score (nSPS) is 10.8. The van der Waals surface area contributed by atoms with Crippen molar-refractivity contribution in [3.05, 3.63) is 75.9 Å². The van der Waals surface area contributed by atoms with Crippen molar-refractivity contribution >= 4 is 16.9 Å². The van der Waals surface area contributed by atoms with E-state index in [1.807, 2.05) is 0 Å². The van der Waals surface area contributed by atoms with Gasteiger partial charge in [-0.3, -0.25) is 4.79 Å². The van der Waals surface area contributed by atoms with Crippen LogP contribution in [0.4, 0.5) is 0 Å². The van der Waals surface area contributed by atoms with Crippen LogP contribution in [-0.2, 0) is 11.3 Å². The Morgan fingerprint density at radius 1 is 0.909 bits per heavy atom. The first-order valence-electron chi connectivity index (χ1n) is 9.63. The molecule has 4 rings (SSSR count). The smallest absolute Gasteiger partial charge is 0.337 e. The van der Waals surface area contributed by atoms with E-state index >= 15 is 0 Å². The Morgan fingerprint density at radius 2 is 1.64 bits per heavy atom. The second kappa shape index (κ2) is 8.46. The summed E-state index contributed by atoms with van der Waals surface area (Å²) in [5.41, 5.74) is 0.369. The summed E-state index contributed by atoms with van der Waals surface area (Å²) in [6.07, 6.45) is 0. The molecule has 4 N–H and O–H groups in total. The van der Waals surface area contributed by atoms with Crippen LogP contribution < -0.4 is 10.2 Å². The number of ether oxygens (including phenoxy) is 2. The molecule has 3 aromatic carbocycles. The molecule has 0 spiro atoms. The maximum Gasteiger partial charge on any atom is 0.337 e. The highest BCUT2D eigenvalue weighted by molar-refractivity contribution is 5.89. The Bertz CT molecular complexity index is 1420. The molecule has 1 aromatic heterocycles. The van der Waals surface area contributed by atoms with Gasteiger partial charge in [-0.1, -0.05) is 12.1 Å². The minimum Gasteiger partial charge on any atom is -0.508 e. The first kappa shape index (κ1) is 21.6. The van der Waals surface area contributed by atoms with E-state index in [1.165, 1.54) is 25.3 Å². The summed E-state index contributed by atoms with van der Waals surface area (Å²) < 4.78 is 16.2. The number of aromatic hydroxyl groups is 4. The minimum absolute atomic E-state index is 0.0843. The predicted octanol–water partition coefficient (Wildman–Crippen LogP) is 3.65. The molecule has 168 valence electrons. The molecule has 0 unspecified atom stereocenters. The summed E-state index contributed by atoms with van der Waals surface area (Å²) in [5.74, 6) is -2.47. The lowest BCUT2D eigenvalue weighted by Crippen LogP contribution is -2.10. The van der Waals surface area contributed by atoms with Crippen molar-refractivity contribution in [2.75, 3.05) is 7.11 Å². The number of esters is 1. The minimum atomic E-state index is -0.706. The lowest BCUT2D eigenvalue weighted by atomic mass is 10.1. The zero-order chi connectivity index (χ0) is 23.7.